The highest BCUT2D eigenvalue weighted by molar-refractivity contribution is 5.95. The molecular weight excluding hydrogens is 258 g/mol. The number of hydrogen-bond acceptors (Lipinski definition) is 4. The predicted octanol–water partition coefficient (Wildman–Crippen LogP) is 0.864. The van der Waals surface area contributed by atoms with Gasteiger partial charge in [0.1, 0.15) is 5.75 Å². The van der Waals surface area contributed by atoms with Crippen molar-refractivity contribution in [3.63, 3.8) is 0 Å². The van der Waals surface area contributed by atoms with Crippen molar-refractivity contribution in [2.75, 3.05) is 18.5 Å². The quantitative estimate of drug-likeness (QED) is 0.688. The Kier molecular flexibility index (Phi) is 5.52. The van der Waals surface area contributed by atoms with Crippen molar-refractivity contribution in [3.05, 3.63) is 24.3 Å². The number of hydrogen-bond donors (Lipinski definition) is 3. The number of nitrogens with one attached hydrogen (secondary N) is 1. The Bertz CT molecular complexity index is 467. The second-order valence-corrected chi connectivity index (χ2v) is 4.85. The number of carbonyl (C=O) groups excluding carboxylic acids is 2. The van der Waals surface area contributed by atoms with Crippen molar-refractivity contribution in [2.45, 2.75) is 20.3 Å². The number of benzene rings is 1. The maximum atomic E-state index is 12.1. The topological polar surface area (TPSA) is 107 Å². The summed E-state index contributed by atoms with van der Waals surface area (Å²) in [5.74, 6) is -0.142. The summed E-state index contributed by atoms with van der Waals surface area (Å²) in [6.45, 7) is 3.86. The van der Waals surface area contributed by atoms with Crippen molar-refractivity contribution in [2.24, 2.45) is 16.9 Å². The van der Waals surface area contributed by atoms with Gasteiger partial charge in [0, 0.05) is 12.2 Å². The summed E-state index contributed by atoms with van der Waals surface area (Å²) < 4.78 is 5.13. The minimum atomic E-state index is -0.582. The third-order valence-corrected chi connectivity index (χ3v) is 3.27. The molecule has 6 nitrogen and oxygen atoms in total. The Morgan fingerprint density at radius 2 is 1.90 bits per heavy atom. The summed E-state index contributed by atoms with van der Waals surface area (Å²) in [5.41, 5.74) is 10.7. The van der Waals surface area contributed by atoms with Gasteiger partial charge in [0.05, 0.1) is 5.41 Å². The number of carbonyl (C=O) groups is 2. The lowest BCUT2D eigenvalue weighted by Gasteiger charge is -2.24. The minimum absolute atomic E-state index is 0.117. The van der Waals surface area contributed by atoms with Crippen LogP contribution in [-0.2, 0) is 9.59 Å². The Morgan fingerprint density at radius 3 is 2.35 bits per heavy atom. The smallest absolute Gasteiger partial charge is 0.255 e. The molecule has 0 heterocycles. The van der Waals surface area contributed by atoms with Crippen LogP contribution in [0.15, 0.2) is 24.3 Å². The van der Waals surface area contributed by atoms with Gasteiger partial charge < -0.3 is 21.5 Å². The van der Waals surface area contributed by atoms with E-state index in [4.69, 9.17) is 16.2 Å². The molecule has 2 amide bonds. The van der Waals surface area contributed by atoms with E-state index in [-0.39, 0.29) is 19.1 Å². The van der Waals surface area contributed by atoms with Gasteiger partial charge in [-0.05, 0) is 37.6 Å². The Morgan fingerprint density at radius 1 is 1.30 bits per heavy atom. The summed E-state index contributed by atoms with van der Waals surface area (Å²) >= 11 is 0. The van der Waals surface area contributed by atoms with Crippen LogP contribution in [0.5, 0.6) is 5.75 Å². The zero-order chi connectivity index (χ0) is 15.2. The standard InChI is InChI=1S/C14H21N3O3/c1-3-14(2,9-15)13(19)17-10-4-6-11(7-5-10)20-8-12(16)18/h4-7H,3,8-9,15H2,1-2H3,(H2,16,18)(H,17,19). The molecule has 0 aliphatic heterocycles. The molecule has 5 N–H and O–H groups in total. The van der Waals surface area contributed by atoms with Gasteiger partial charge in [-0.25, -0.2) is 0 Å². The first-order chi connectivity index (χ1) is 9.41. The average Bonchev–Trinajstić information content (AvgIpc) is 2.45. The molecule has 1 aromatic rings. The van der Waals surface area contributed by atoms with E-state index in [0.717, 1.165) is 0 Å². The number of ether oxygens (including phenoxy) is 1. The van der Waals surface area contributed by atoms with E-state index in [0.29, 0.717) is 17.9 Å². The maximum absolute atomic E-state index is 12.1. The highest BCUT2D eigenvalue weighted by atomic mass is 16.5. The molecule has 0 radical (unpaired) electrons. The Balaban J connectivity index is 2.65. The number of nitrogens with two attached hydrogens (primary N) is 2. The third-order valence-electron chi connectivity index (χ3n) is 3.27. The van der Waals surface area contributed by atoms with Gasteiger partial charge >= 0.3 is 0 Å². The van der Waals surface area contributed by atoms with Crippen LogP contribution in [0, 0.1) is 5.41 Å². The van der Waals surface area contributed by atoms with E-state index in [2.05, 4.69) is 5.32 Å². The molecule has 1 rings (SSSR count). The minimum Gasteiger partial charge on any atom is -0.484 e. The summed E-state index contributed by atoms with van der Waals surface area (Å²) in [6.07, 6.45) is 0.662. The van der Waals surface area contributed by atoms with Crippen molar-refractivity contribution in [1.29, 1.82) is 0 Å². The fourth-order valence-electron chi connectivity index (χ4n) is 1.47. The van der Waals surface area contributed by atoms with Crippen molar-refractivity contribution >= 4 is 17.5 Å². The number of amides is 2. The van der Waals surface area contributed by atoms with Crippen molar-refractivity contribution in [1.82, 2.24) is 0 Å². The fraction of sp³-hybridized carbons (Fsp3) is 0.429. The summed E-state index contributed by atoms with van der Waals surface area (Å²) in [4.78, 5) is 22.7. The highest BCUT2D eigenvalue weighted by Crippen LogP contribution is 2.23. The van der Waals surface area contributed by atoms with Gasteiger partial charge in [-0.15, -0.1) is 0 Å². The molecule has 110 valence electrons. The number of primary amides is 1. The van der Waals surface area contributed by atoms with E-state index in [1.165, 1.54) is 0 Å². The van der Waals surface area contributed by atoms with Crippen LogP contribution < -0.4 is 21.5 Å². The zero-order valence-corrected chi connectivity index (χ0v) is 11.8. The molecule has 0 aliphatic rings. The normalized spacial score (nSPS) is 13.3. The molecule has 6 heteroatoms. The molecule has 20 heavy (non-hydrogen) atoms. The van der Waals surface area contributed by atoms with Gasteiger partial charge in [-0.2, -0.15) is 0 Å². The second-order valence-electron chi connectivity index (χ2n) is 4.85. The van der Waals surface area contributed by atoms with Crippen LogP contribution in [0.1, 0.15) is 20.3 Å². The molecule has 0 saturated carbocycles. The van der Waals surface area contributed by atoms with Crippen LogP contribution in [0.3, 0.4) is 0 Å². The van der Waals surface area contributed by atoms with Crippen LogP contribution in [-0.4, -0.2) is 25.0 Å². The van der Waals surface area contributed by atoms with Crippen LogP contribution in [0.2, 0.25) is 0 Å². The molecule has 1 unspecified atom stereocenters. The molecule has 0 aromatic heterocycles. The molecule has 1 aromatic carbocycles. The SMILES string of the molecule is CCC(C)(CN)C(=O)Nc1ccc(OCC(N)=O)cc1. The van der Waals surface area contributed by atoms with E-state index >= 15 is 0 Å². The second kappa shape index (κ2) is 6.91. The maximum Gasteiger partial charge on any atom is 0.255 e. The van der Waals surface area contributed by atoms with Crippen molar-refractivity contribution < 1.29 is 14.3 Å². The van der Waals surface area contributed by atoms with E-state index in [1.54, 1.807) is 24.3 Å². The molecule has 0 saturated heterocycles. The molecule has 0 bridgehead atoms. The third kappa shape index (κ3) is 4.24. The summed E-state index contributed by atoms with van der Waals surface area (Å²) in [6, 6.07) is 6.70. The van der Waals surface area contributed by atoms with Gasteiger partial charge in [0.2, 0.25) is 5.91 Å². The molecule has 0 fully saturated rings. The summed E-state index contributed by atoms with van der Waals surface area (Å²) in [7, 11) is 0. The zero-order valence-electron chi connectivity index (χ0n) is 11.8. The predicted molar refractivity (Wildman–Crippen MR) is 77.2 cm³/mol. The Hall–Kier alpha value is -2.08. The lowest BCUT2D eigenvalue weighted by molar-refractivity contribution is -0.124. The van der Waals surface area contributed by atoms with Gasteiger partial charge in [-0.3, -0.25) is 9.59 Å². The lowest BCUT2D eigenvalue weighted by atomic mass is 9.86. The highest BCUT2D eigenvalue weighted by Gasteiger charge is 2.29. The van der Waals surface area contributed by atoms with Crippen LogP contribution in [0.4, 0.5) is 5.69 Å². The van der Waals surface area contributed by atoms with Crippen molar-refractivity contribution in [3.8, 4) is 5.75 Å². The molecule has 1 atom stereocenters. The van der Waals surface area contributed by atoms with E-state index in [9.17, 15) is 9.59 Å². The summed E-state index contributed by atoms with van der Waals surface area (Å²) in [5, 5.41) is 2.81. The van der Waals surface area contributed by atoms with Crippen LogP contribution in [0.25, 0.3) is 0 Å². The fourth-order valence-corrected chi connectivity index (χ4v) is 1.47. The van der Waals surface area contributed by atoms with Gasteiger partial charge in [0.25, 0.3) is 5.91 Å². The largest absolute Gasteiger partial charge is 0.484 e. The van der Waals surface area contributed by atoms with E-state index < -0.39 is 11.3 Å². The number of rotatable bonds is 7. The lowest BCUT2D eigenvalue weighted by Crippen LogP contribution is -2.39. The van der Waals surface area contributed by atoms with Gasteiger partial charge in [-0.1, -0.05) is 6.92 Å². The first kappa shape index (κ1) is 16.0. The first-order valence-electron chi connectivity index (χ1n) is 6.44. The average molecular weight is 279 g/mol. The van der Waals surface area contributed by atoms with Gasteiger partial charge in [0.15, 0.2) is 6.61 Å². The monoisotopic (exact) mass is 279 g/mol. The van der Waals surface area contributed by atoms with Crippen LogP contribution >= 0.6 is 0 Å². The number of anilines is 1. The molecule has 0 aliphatic carbocycles. The van der Waals surface area contributed by atoms with E-state index in [1.807, 2.05) is 13.8 Å². The first-order valence-corrected chi connectivity index (χ1v) is 6.44. The molecular formula is C14H21N3O3. The molecule has 0 spiro atoms. The Labute approximate surface area is 118 Å².